The Morgan fingerprint density at radius 2 is 2.09 bits per heavy atom. The molecule has 0 aliphatic carbocycles. The number of nitrogens with zero attached hydrogens (tertiary/aromatic N) is 4. The molecule has 0 amide bonds. The molecule has 0 radical (unpaired) electrons. The predicted octanol–water partition coefficient (Wildman–Crippen LogP) is 3.42. The van der Waals surface area contributed by atoms with Crippen LogP contribution in [0.15, 0.2) is 30.6 Å². The molecule has 0 saturated carbocycles. The Morgan fingerprint density at radius 1 is 1.27 bits per heavy atom. The van der Waals surface area contributed by atoms with Gasteiger partial charge in [-0.2, -0.15) is 4.39 Å². The number of hydrogen-bond acceptors (Lipinski definition) is 3. The first-order valence-electron chi connectivity index (χ1n) is 7.29. The molecular weight excluding hydrogens is 281 g/mol. The molecule has 22 heavy (non-hydrogen) atoms. The zero-order chi connectivity index (χ0) is 15.7. The number of hydrogen-bond donors (Lipinski definition) is 1. The molecule has 1 N–H and O–H groups in total. The fraction of sp³-hybridized carbons (Fsp3) is 0.312. The van der Waals surface area contributed by atoms with Crippen molar-refractivity contribution >= 4 is 0 Å². The normalized spacial score (nSPS) is 12.5. The molecular formula is C16H18FN5. The van der Waals surface area contributed by atoms with E-state index in [2.05, 4.69) is 26.9 Å². The van der Waals surface area contributed by atoms with Crippen LogP contribution in [-0.2, 0) is 0 Å². The van der Waals surface area contributed by atoms with E-state index >= 15 is 0 Å². The first-order valence-corrected chi connectivity index (χ1v) is 7.29. The summed E-state index contributed by atoms with van der Waals surface area (Å²) in [6.07, 6.45) is 4.42. The third-order valence-electron chi connectivity index (χ3n) is 3.80. The van der Waals surface area contributed by atoms with Crippen LogP contribution in [0.3, 0.4) is 0 Å². The average Bonchev–Trinajstić information content (AvgIpc) is 3.08. The van der Waals surface area contributed by atoms with Crippen molar-refractivity contribution in [1.82, 2.24) is 24.5 Å². The number of aryl methyl sites for hydroxylation is 2. The lowest BCUT2D eigenvalue weighted by Gasteiger charge is -2.17. The van der Waals surface area contributed by atoms with Gasteiger partial charge in [-0.1, -0.05) is 13.0 Å². The minimum Gasteiger partial charge on any atom is -0.344 e. The standard InChI is InChI=1S/C16H18FN5/c1-4-13(15-19-10(2)11(3)20-15)22-9-8-18-16(22)12-6-5-7-14(17)21-12/h5-9,13H,4H2,1-3H3,(H,19,20). The van der Waals surface area contributed by atoms with E-state index in [1.807, 2.05) is 24.6 Å². The Kier molecular flexibility index (Phi) is 3.75. The van der Waals surface area contributed by atoms with E-state index in [0.717, 1.165) is 23.6 Å². The molecule has 1 unspecified atom stereocenters. The highest BCUT2D eigenvalue weighted by molar-refractivity contribution is 5.49. The third kappa shape index (κ3) is 2.52. The number of aromatic nitrogens is 5. The number of imidazole rings is 2. The molecule has 0 saturated heterocycles. The van der Waals surface area contributed by atoms with Gasteiger partial charge in [-0.05, 0) is 32.4 Å². The van der Waals surface area contributed by atoms with Crippen molar-refractivity contribution in [2.75, 3.05) is 0 Å². The Morgan fingerprint density at radius 3 is 2.73 bits per heavy atom. The minimum atomic E-state index is -0.509. The second-order valence-electron chi connectivity index (χ2n) is 5.26. The number of halogens is 1. The fourth-order valence-corrected chi connectivity index (χ4v) is 2.55. The van der Waals surface area contributed by atoms with E-state index in [1.165, 1.54) is 6.07 Å². The molecule has 114 valence electrons. The van der Waals surface area contributed by atoms with Gasteiger partial charge in [-0.15, -0.1) is 0 Å². The van der Waals surface area contributed by atoms with Crippen molar-refractivity contribution < 1.29 is 4.39 Å². The summed E-state index contributed by atoms with van der Waals surface area (Å²) in [5, 5.41) is 0. The van der Waals surface area contributed by atoms with Gasteiger partial charge >= 0.3 is 0 Å². The summed E-state index contributed by atoms with van der Waals surface area (Å²) in [6.45, 7) is 6.06. The molecule has 5 nitrogen and oxygen atoms in total. The van der Waals surface area contributed by atoms with E-state index < -0.39 is 5.95 Å². The number of aromatic amines is 1. The molecule has 1 atom stereocenters. The van der Waals surface area contributed by atoms with E-state index in [1.54, 1.807) is 18.3 Å². The van der Waals surface area contributed by atoms with Gasteiger partial charge in [0.1, 0.15) is 11.5 Å². The van der Waals surface area contributed by atoms with Crippen LogP contribution in [0.25, 0.3) is 11.5 Å². The lowest BCUT2D eigenvalue weighted by atomic mass is 10.2. The lowest BCUT2D eigenvalue weighted by Crippen LogP contribution is -2.12. The molecule has 3 aromatic rings. The van der Waals surface area contributed by atoms with Crippen molar-refractivity contribution in [3.63, 3.8) is 0 Å². The van der Waals surface area contributed by atoms with Gasteiger partial charge < -0.3 is 9.55 Å². The number of rotatable bonds is 4. The monoisotopic (exact) mass is 299 g/mol. The maximum absolute atomic E-state index is 13.4. The molecule has 0 aromatic carbocycles. The Bertz CT molecular complexity index is 770. The van der Waals surface area contributed by atoms with E-state index in [0.29, 0.717) is 11.5 Å². The van der Waals surface area contributed by atoms with Gasteiger partial charge in [-0.3, -0.25) is 0 Å². The second kappa shape index (κ2) is 5.71. The number of nitrogens with one attached hydrogen (secondary N) is 1. The van der Waals surface area contributed by atoms with Crippen LogP contribution in [-0.4, -0.2) is 24.5 Å². The molecule has 0 fully saturated rings. The zero-order valence-electron chi connectivity index (χ0n) is 12.8. The highest BCUT2D eigenvalue weighted by atomic mass is 19.1. The van der Waals surface area contributed by atoms with Crippen molar-refractivity contribution in [3.05, 3.63) is 53.8 Å². The topological polar surface area (TPSA) is 59.4 Å². The molecule has 3 aromatic heterocycles. The number of pyridine rings is 1. The van der Waals surface area contributed by atoms with Crippen molar-refractivity contribution in [2.45, 2.75) is 33.2 Å². The Hall–Kier alpha value is -2.50. The molecule has 0 bridgehead atoms. The van der Waals surface area contributed by atoms with Gasteiger partial charge in [0.15, 0.2) is 5.82 Å². The van der Waals surface area contributed by atoms with E-state index in [9.17, 15) is 4.39 Å². The van der Waals surface area contributed by atoms with Crippen LogP contribution in [0.4, 0.5) is 4.39 Å². The Balaban J connectivity index is 2.06. The van der Waals surface area contributed by atoms with Crippen LogP contribution >= 0.6 is 0 Å². The highest BCUT2D eigenvalue weighted by Crippen LogP contribution is 2.26. The predicted molar refractivity (Wildman–Crippen MR) is 81.9 cm³/mol. The van der Waals surface area contributed by atoms with E-state index in [4.69, 9.17) is 0 Å². The van der Waals surface area contributed by atoms with Gasteiger partial charge in [0.05, 0.1) is 11.7 Å². The summed E-state index contributed by atoms with van der Waals surface area (Å²) < 4.78 is 15.4. The summed E-state index contributed by atoms with van der Waals surface area (Å²) in [7, 11) is 0. The molecule has 0 spiro atoms. The first kappa shape index (κ1) is 14.4. The average molecular weight is 299 g/mol. The number of H-pyrrole nitrogens is 1. The highest BCUT2D eigenvalue weighted by Gasteiger charge is 2.20. The van der Waals surface area contributed by atoms with Gasteiger partial charge in [-0.25, -0.2) is 15.0 Å². The zero-order valence-corrected chi connectivity index (χ0v) is 12.8. The SMILES string of the molecule is CCC(c1nc(C)c(C)[nH]1)n1ccnc1-c1cccc(F)n1. The summed E-state index contributed by atoms with van der Waals surface area (Å²) in [4.78, 5) is 16.2. The molecule has 3 rings (SSSR count). The van der Waals surface area contributed by atoms with Crippen molar-refractivity contribution in [2.24, 2.45) is 0 Å². The van der Waals surface area contributed by atoms with Crippen LogP contribution in [0.2, 0.25) is 0 Å². The van der Waals surface area contributed by atoms with Gasteiger partial charge in [0.25, 0.3) is 0 Å². The van der Waals surface area contributed by atoms with Gasteiger partial charge in [0, 0.05) is 18.1 Å². The smallest absolute Gasteiger partial charge is 0.213 e. The minimum absolute atomic E-state index is 0.00923. The summed E-state index contributed by atoms with van der Waals surface area (Å²) in [6, 6.07) is 4.73. The molecule has 0 aliphatic rings. The summed E-state index contributed by atoms with van der Waals surface area (Å²) in [5.74, 6) is 1.01. The maximum atomic E-state index is 13.4. The Labute approximate surface area is 128 Å². The van der Waals surface area contributed by atoms with Crippen LogP contribution in [0.5, 0.6) is 0 Å². The third-order valence-corrected chi connectivity index (χ3v) is 3.80. The first-order chi connectivity index (χ1) is 10.6. The van der Waals surface area contributed by atoms with E-state index in [-0.39, 0.29) is 6.04 Å². The van der Waals surface area contributed by atoms with Crippen molar-refractivity contribution in [3.8, 4) is 11.5 Å². The fourth-order valence-electron chi connectivity index (χ4n) is 2.55. The van der Waals surface area contributed by atoms with Gasteiger partial charge in [0.2, 0.25) is 5.95 Å². The van der Waals surface area contributed by atoms with Crippen LogP contribution < -0.4 is 0 Å². The molecule has 0 aliphatic heterocycles. The van der Waals surface area contributed by atoms with Crippen molar-refractivity contribution in [1.29, 1.82) is 0 Å². The lowest BCUT2D eigenvalue weighted by molar-refractivity contribution is 0.541. The quantitative estimate of drug-likeness (QED) is 0.751. The summed E-state index contributed by atoms with van der Waals surface area (Å²) >= 11 is 0. The molecule has 3 heterocycles. The second-order valence-corrected chi connectivity index (χ2v) is 5.26. The maximum Gasteiger partial charge on any atom is 0.213 e. The van der Waals surface area contributed by atoms with Crippen LogP contribution in [0.1, 0.15) is 36.6 Å². The van der Waals surface area contributed by atoms with Crippen LogP contribution in [0, 0.1) is 19.8 Å². The summed E-state index contributed by atoms with van der Waals surface area (Å²) in [5.41, 5.74) is 2.56. The molecule has 6 heteroatoms. The largest absolute Gasteiger partial charge is 0.344 e.